The van der Waals surface area contributed by atoms with Crippen molar-refractivity contribution in [2.24, 2.45) is 5.73 Å². The van der Waals surface area contributed by atoms with Gasteiger partial charge < -0.3 is 10.5 Å². The van der Waals surface area contributed by atoms with Gasteiger partial charge in [-0.15, -0.1) is 0 Å². The molecule has 88 valence electrons. The van der Waals surface area contributed by atoms with Crippen LogP contribution in [0.25, 0.3) is 0 Å². The zero-order valence-corrected chi connectivity index (χ0v) is 10.3. The van der Waals surface area contributed by atoms with Gasteiger partial charge in [-0.05, 0) is 31.4 Å². The molecule has 0 spiro atoms. The van der Waals surface area contributed by atoms with Gasteiger partial charge in [0.15, 0.2) is 0 Å². The second-order valence-corrected chi connectivity index (χ2v) is 4.28. The average molecular weight is 262 g/mol. The Morgan fingerprint density at radius 2 is 2.19 bits per heavy atom. The van der Waals surface area contributed by atoms with Gasteiger partial charge in [0.2, 0.25) is 0 Å². The third kappa shape index (κ3) is 4.77. The standard InChI is InChI=1S/C11H13ClFNOS/c12-9-7-8(4-5-10(9)13)15-6-2-1-3-11(14)16/h4-5,7H,1-3,6H2,(H2,14,16). The van der Waals surface area contributed by atoms with Crippen LogP contribution in [0.5, 0.6) is 5.75 Å². The lowest BCUT2D eigenvalue weighted by molar-refractivity contribution is 0.307. The van der Waals surface area contributed by atoms with Crippen molar-refractivity contribution >= 4 is 28.8 Å². The molecule has 0 unspecified atom stereocenters. The Balaban J connectivity index is 2.27. The van der Waals surface area contributed by atoms with Gasteiger partial charge in [-0.25, -0.2) is 4.39 Å². The largest absolute Gasteiger partial charge is 0.494 e. The SMILES string of the molecule is NC(=S)CCCCOc1ccc(F)c(Cl)c1. The highest BCUT2D eigenvalue weighted by molar-refractivity contribution is 7.80. The summed E-state index contributed by atoms with van der Waals surface area (Å²) in [6, 6.07) is 4.30. The number of thiocarbonyl (C=S) groups is 1. The smallest absolute Gasteiger partial charge is 0.142 e. The highest BCUT2D eigenvalue weighted by Gasteiger charge is 2.01. The van der Waals surface area contributed by atoms with Crippen molar-refractivity contribution in [1.29, 1.82) is 0 Å². The molecule has 0 saturated heterocycles. The molecule has 0 amide bonds. The number of rotatable bonds is 6. The minimum Gasteiger partial charge on any atom is -0.494 e. The quantitative estimate of drug-likeness (QED) is 0.630. The van der Waals surface area contributed by atoms with Crippen LogP contribution in [0.4, 0.5) is 4.39 Å². The monoisotopic (exact) mass is 261 g/mol. The summed E-state index contributed by atoms with van der Waals surface area (Å²) < 4.78 is 18.2. The number of nitrogens with two attached hydrogens (primary N) is 1. The fourth-order valence-electron chi connectivity index (χ4n) is 1.16. The molecular formula is C11H13ClFNOS. The van der Waals surface area contributed by atoms with Crippen molar-refractivity contribution < 1.29 is 9.13 Å². The normalized spacial score (nSPS) is 10.1. The maximum absolute atomic E-state index is 12.8. The summed E-state index contributed by atoms with van der Waals surface area (Å²) in [5, 5.41) is 0.0700. The van der Waals surface area contributed by atoms with Gasteiger partial charge in [-0.2, -0.15) is 0 Å². The predicted molar refractivity (Wildman–Crippen MR) is 67.5 cm³/mol. The molecule has 0 fully saturated rings. The summed E-state index contributed by atoms with van der Waals surface area (Å²) in [5.41, 5.74) is 5.35. The summed E-state index contributed by atoms with van der Waals surface area (Å²) in [5.74, 6) is 0.129. The Hall–Kier alpha value is -0.870. The molecule has 0 bridgehead atoms. The van der Waals surface area contributed by atoms with Crippen LogP contribution in [0.15, 0.2) is 18.2 Å². The highest BCUT2D eigenvalue weighted by Crippen LogP contribution is 2.21. The molecule has 16 heavy (non-hydrogen) atoms. The molecule has 0 radical (unpaired) electrons. The summed E-state index contributed by atoms with van der Waals surface area (Å²) in [7, 11) is 0. The first-order valence-corrected chi connectivity index (χ1v) is 5.74. The van der Waals surface area contributed by atoms with E-state index in [1.54, 1.807) is 6.07 Å². The van der Waals surface area contributed by atoms with Crippen molar-refractivity contribution in [3.05, 3.63) is 29.0 Å². The van der Waals surface area contributed by atoms with E-state index in [1.165, 1.54) is 12.1 Å². The molecule has 0 saturated carbocycles. The van der Waals surface area contributed by atoms with Gasteiger partial charge in [0.25, 0.3) is 0 Å². The third-order valence-corrected chi connectivity index (χ3v) is 2.47. The number of ether oxygens (including phenoxy) is 1. The van der Waals surface area contributed by atoms with E-state index in [9.17, 15) is 4.39 Å². The van der Waals surface area contributed by atoms with Gasteiger partial charge in [0, 0.05) is 6.07 Å². The first-order chi connectivity index (χ1) is 7.59. The van der Waals surface area contributed by atoms with E-state index >= 15 is 0 Å². The molecular weight excluding hydrogens is 249 g/mol. The second-order valence-electron chi connectivity index (χ2n) is 3.35. The molecule has 2 N–H and O–H groups in total. The van der Waals surface area contributed by atoms with E-state index in [2.05, 4.69) is 0 Å². The van der Waals surface area contributed by atoms with Crippen LogP contribution in [-0.4, -0.2) is 11.6 Å². The zero-order chi connectivity index (χ0) is 12.0. The summed E-state index contributed by atoms with van der Waals surface area (Å²) in [6.07, 6.45) is 2.47. The predicted octanol–water partition coefficient (Wildman–Crippen LogP) is 3.31. The highest BCUT2D eigenvalue weighted by atomic mass is 35.5. The first kappa shape index (κ1) is 13.2. The van der Waals surface area contributed by atoms with Crippen LogP contribution in [0.2, 0.25) is 5.02 Å². The van der Waals surface area contributed by atoms with E-state index < -0.39 is 5.82 Å². The Morgan fingerprint density at radius 3 is 2.81 bits per heavy atom. The molecule has 2 nitrogen and oxygen atoms in total. The van der Waals surface area contributed by atoms with Gasteiger partial charge >= 0.3 is 0 Å². The molecule has 1 rings (SSSR count). The molecule has 0 aliphatic rings. The maximum atomic E-state index is 12.8. The van der Waals surface area contributed by atoms with Crippen molar-refractivity contribution in [3.63, 3.8) is 0 Å². The van der Waals surface area contributed by atoms with Gasteiger partial charge in [-0.1, -0.05) is 23.8 Å². The summed E-state index contributed by atoms with van der Waals surface area (Å²) in [6.45, 7) is 0.546. The van der Waals surface area contributed by atoms with Gasteiger partial charge in [-0.3, -0.25) is 0 Å². The van der Waals surface area contributed by atoms with E-state index in [4.69, 9.17) is 34.3 Å². The lowest BCUT2D eigenvalue weighted by atomic mass is 10.2. The molecule has 0 aromatic heterocycles. The average Bonchev–Trinajstić information content (AvgIpc) is 2.22. The fourth-order valence-corrected chi connectivity index (χ4v) is 1.47. The topological polar surface area (TPSA) is 35.2 Å². The first-order valence-electron chi connectivity index (χ1n) is 4.96. The third-order valence-electron chi connectivity index (χ3n) is 1.98. The molecule has 1 aromatic rings. The zero-order valence-electron chi connectivity index (χ0n) is 8.71. The Morgan fingerprint density at radius 1 is 1.44 bits per heavy atom. The van der Waals surface area contributed by atoms with Crippen LogP contribution in [0, 0.1) is 5.82 Å². The molecule has 5 heteroatoms. The number of hydrogen-bond acceptors (Lipinski definition) is 2. The van der Waals surface area contributed by atoms with Crippen LogP contribution in [0.3, 0.4) is 0 Å². The van der Waals surface area contributed by atoms with Crippen LogP contribution in [-0.2, 0) is 0 Å². The summed E-state index contributed by atoms with van der Waals surface area (Å²) >= 11 is 10.4. The van der Waals surface area contributed by atoms with E-state index in [-0.39, 0.29) is 5.02 Å². The summed E-state index contributed by atoms with van der Waals surface area (Å²) in [4.78, 5) is 0.518. The maximum Gasteiger partial charge on any atom is 0.142 e. The van der Waals surface area contributed by atoms with E-state index in [0.29, 0.717) is 17.3 Å². The lowest BCUT2D eigenvalue weighted by Gasteiger charge is -2.06. The molecule has 1 aromatic carbocycles. The van der Waals surface area contributed by atoms with Gasteiger partial charge in [0.05, 0.1) is 16.6 Å². The van der Waals surface area contributed by atoms with Crippen molar-refractivity contribution in [2.45, 2.75) is 19.3 Å². The van der Waals surface area contributed by atoms with Crippen LogP contribution < -0.4 is 10.5 Å². The Labute approximate surface area is 105 Å². The minimum atomic E-state index is -0.442. The number of benzene rings is 1. The molecule has 0 aliphatic heterocycles. The fraction of sp³-hybridized carbons (Fsp3) is 0.364. The molecule has 0 atom stereocenters. The molecule has 0 aliphatic carbocycles. The van der Waals surface area contributed by atoms with E-state index in [0.717, 1.165) is 19.3 Å². The van der Waals surface area contributed by atoms with Crippen LogP contribution >= 0.6 is 23.8 Å². The number of hydrogen-bond donors (Lipinski definition) is 1. The van der Waals surface area contributed by atoms with Crippen LogP contribution in [0.1, 0.15) is 19.3 Å². The number of halogens is 2. The Kier molecular flexibility index (Phi) is 5.49. The molecule has 0 heterocycles. The lowest BCUT2D eigenvalue weighted by Crippen LogP contribution is -2.08. The number of unbranched alkanes of at least 4 members (excludes halogenated alkanes) is 1. The van der Waals surface area contributed by atoms with E-state index in [1.807, 2.05) is 0 Å². The van der Waals surface area contributed by atoms with Crippen molar-refractivity contribution in [3.8, 4) is 5.75 Å². The second kappa shape index (κ2) is 6.66. The van der Waals surface area contributed by atoms with Crippen molar-refractivity contribution in [2.75, 3.05) is 6.61 Å². The minimum absolute atomic E-state index is 0.0700. The van der Waals surface area contributed by atoms with Crippen molar-refractivity contribution in [1.82, 2.24) is 0 Å². The Bertz CT molecular complexity index is 373. The van der Waals surface area contributed by atoms with Gasteiger partial charge in [0.1, 0.15) is 11.6 Å².